The Labute approximate surface area is 112 Å². The molecule has 110 valence electrons. The second-order valence-corrected chi connectivity index (χ2v) is 4.99. The summed E-state index contributed by atoms with van der Waals surface area (Å²) >= 11 is 0. The number of carbonyl (C=O) groups excluding carboxylic acids is 1. The summed E-state index contributed by atoms with van der Waals surface area (Å²) < 4.78 is 50.7. The molecule has 0 heterocycles. The number of rotatable bonds is 3. The van der Waals surface area contributed by atoms with Gasteiger partial charge in [-0.05, 0) is 37.5 Å². The Hall–Kier alpha value is -1.63. The molecule has 1 amide bonds. The maximum atomic E-state index is 13.1. The van der Waals surface area contributed by atoms with Crippen LogP contribution in [0.15, 0.2) is 18.2 Å². The molecule has 0 bridgehead atoms. The van der Waals surface area contributed by atoms with E-state index in [-0.39, 0.29) is 6.54 Å². The summed E-state index contributed by atoms with van der Waals surface area (Å²) in [5, 5.41) is 12.1. The molecular weight excluding hydrogens is 278 g/mol. The molecular formula is C13H13F4NO2. The molecule has 0 aromatic heterocycles. The monoisotopic (exact) mass is 291 g/mol. The predicted octanol–water partition coefficient (Wildman–Crippen LogP) is 2.49. The predicted molar refractivity (Wildman–Crippen MR) is 62.5 cm³/mol. The van der Waals surface area contributed by atoms with Crippen molar-refractivity contribution < 1.29 is 27.5 Å². The molecule has 1 aromatic carbocycles. The van der Waals surface area contributed by atoms with Crippen LogP contribution in [0.3, 0.4) is 0 Å². The smallest absolute Gasteiger partial charge is 0.388 e. The summed E-state index contributed by atoms with van der Waals surface area (Å²) in [5.41, 5.74) is -2.62. The van der Waals surface area contributed by atoms with E-state index in [2.05, 4.69) is 5.32 Å². The summed E-state index contributed by atoms with van der Waals surface area (Å²) in [6, 6.07) is 1.65. The van der Waals surface area contributed by atoms with Crippen molar-refractivity contribution >= 4 is 5.91 Å². The average molecular weight is 291 g/mol. The molecule has 3 nitrogen and oxygen atoms in total. The Morgan fingerprint density at radius 1 is 1.30 bits per heavy atom. The number of nitrogens with one attached hydrogen (secondary N) is 1. The first-order valence-electron chi connectivity index (χ1n) is 6.08. The molecule has 1 fully saturated rings. The molecule has 1 aliphatic carbocycles. The first-order chi connectivity index (χ1) is 9.20. The van der Waals surface area contributed by atoms with Gasteiger partial charge >= 0.3 is 6.18 Å². The molecule has 1 saturated carbocycles. The molecule has 1 aromatic rings. The number of halogens is 4. The zero-order chi connectivity index (χ0) is 15.0. The van der Waals surface area contributed by atoms with Crippen molar-refractivity contribution in [3.63, 3.8) is 0 Å². The summed E-state index contributed by atoms with van der Waals surface area (Å²) in [6.07, 6.45) is -2.82. The zero-order valence-electron chi connectivity index (χ0n) is 10.4. The van der Waals surface area contributed by atoms with Crippen LogP contribution in [0, 0.1) is 5.82 Å². The van der Waals surface area contributed by atoms with Gasteiger partial charge in [-0.25, -0.2) is 4.39 Å². The lowest BCUT2D eigenvalue weighted by Crippen LogP contribution is -2.47. The van der Waals surface area contributed by atoms with Gasteiger partial charge < -0.3 is 10.4 Å². The van der Waals surface area contributed by atoms with Gasteiger partial charge in [0.1, 0.15) is 5.82 Å². The van der Waals surface area contributed by atoms with Gasteiger partial charge in [-0.3, -0.25) is 4.79 Å². The standard InChI is InChI=1S/C13H13F4NO2/c14-10-5-8(4-9(6-10)13(15,16)17)11(19)18-7-12(20)2-1-3-12/h4-6,20H,1-3,7H2,(H,18,19). The molecule has 1 aliphatic rings. The van der Waals surface area contributed by atoms with E-state index in [1.54, 1.807) is 0 Å². The minimum atomic E-state index is -4.72. The lowest BCUT2D eigenvalue weighted by Gasteiger charge is -2.36. The van der Waals surface area contributed by atoms with Gasteiger partial charge in [-0.15, -0.1) is 0 Å². The highest BCUT2D eigenvalue weighted by Crippen LogP contribution is 2.31. The highest BCUT2D eigenvalue weighted by Gasteiger charge is 2.35. The van der Waals surface area contributed by atoms with Gasteiger partial charge in [0, 0.05) is 12.1 Å². The fourth-order valence-electron chi connectivity index (χ4n) is 1.99. The minimum Gasteiger partial charge on any atom is -0.388 e. The van der Waals surface area contributed by atoms with Crippen LogP contribution >= 0.6 is 0 Å². The van der Waals surface area contributed by atoms with E-state index in [0.717, 1.165) is 12.5 Å². The Morgan fingerprint density at radius 3 is 2.45 bits per heavy atom. The van der Waals surface area contributed by atoms with E-state index < -0.39 is 34.6 Å². The summed E-state index contributed by atoms with van der Waals surface area (Å²) in [7, 11) is 0. The van der Waals surface area contributed by atoms with Crippen molar-refractivity contribution in [2.75, 3.05) is 6.54 Å². The van der Waals surface area contributed by atoms with E-state index in [4.69, 9.17) is 0 Å². The van der Waals surface area contributed by atoms with Crippen molar-refractivity contribution in [1.29, 1.82) is 0 Å². The minimum absolute atomic E-state index is 0.0519. The van der Waals surface area contributed by atoms with Gasteiger partial charge in [0.2, 0.25) is 0 Å². The SMILES string of the molecule is O=C(NCC1(O)CCC1)c1cc(F)cc(C(F)(F)F)c1. The van der Waals surface area contributed by atoms with Gasteiger partial charge in [-0.2, -0.15) is 13.2 Å². The molecule has 0 spiro atoms. The van der Waals surface area contributed by atoms with Crippen molar-refractivity contribution in [2.45, 2.75) is 31.0 Å². The van der Waals surface area contributed by atoms with Crippen LogP contribution in [0.25, 0.3) is 0 Å². The van der Waals surface area contributed by atoms with Crippen LogP contribution in [0.2, 0.25) is 0 Å². The Morgan fingerprint density at radius 2 is 1.95 bits per heavy atom. The third kappa shape index (κ3) is 3.27. The van der Waals surface area contributed by atoms with Gasteiger partial charge in [-0.1, -0.05) is 0 Å². The second-order valence-electron chi connectivity index (χ2n) is 4.99. The van der Waals surface area contributed by atoms with Gasteiger partial charge in [0.25, 0.3) is 5.91 Å². The lowest BCUT2D eigenvalue weighted by molar-refractivity contribution is -0.137. The molecule has 0 atom stereocenters. The van der Waals surface area contributed by atoms with E-state index in [1.807, 2.05) is 0 Å². The molecule has 0 unspecified atom stereocenters. The number of carbonyl (C=O) groups is 1. The number of hydrogen-bond donors (Lipinski definition) is 2. The van der Waals surface area contributed by atoms with E-state index in [9.17, 15) is 27.5 Å². The highest BCUT2D eigenvalue weighted by molar-refractivity contribution is 5.94. The van der Waals surface area contributed by atoms with Gasteiger partial charge in [0.05, 0.1) is 11.2 Å². The largest absolute Gasteiger partial charge is 0.416 e. The number of aliphatic hydroxyl groups is 1. The quantitative estimate of drug-likeness (QED) is 0.841. The Bertz CT molecular complexity index is 524. The Balaban J connectivity index is 2.11. The van der Waals surface area contributed by atoms with Gasteiger partial charge in [0.15, 0.2) is 0 Å². The van der Waals surface area contributed by atoms with E-state index >= 15 is 0 Å². The topological polar surface area (TPSA) is 49.3 Å². The summed E-state index contributed by atoms with van der Waals surface area (Å²) in [6.45, 7) is -0.0519. The van der Waals surface area contributed by atoms with Crippen LogP contribution in [0.1, 0.15) is 35.2 Å². The molecule has 7 heteroatoms. The number of alkyl halides is 3. The highest BCUT2D eigenvalue weighted by atomic mass is 19.4. The molecule has 2 rings (SSSR count). The molecule has 2 N–H and O–H groups in total. The molecule has 20 heavy (non-hydrogen) atoms. The lowest BCUT2D eigenvalue weighted by atomic mass is 9.80. The molecule has 0 aliphatic heterocycles. The third-order valence-corrected chi connectivity index (χ3v) is 3.35. The zero-order valence-corrected chi connectivity index (χ0v) is 10.4. The van der Waals surface area contributed by atoms with Crippen molar-refractivity contribution in [1.82, 2.24) is 5.32 Å². The van der Waals surface area contributed by atoms with E-state index in [1.165, 1.54) is 0 Å². The number of amides is 1. The van der Waals surface area contributed by atoms with Crippen LogP contribution < -0.4 is 5.32 Å². The van der Waals surface area contributed by atoms with Crippen LogP contribution in [-0.2, 0) is 6.18 Å². The van der Waals surface area contributed by atoms with Crippen LogP contribution in [0.5, 0.6) is 0 Å². The van der Waals surface area contributed by atoms with E-state index in [0.29, 0.717) is 25.0 Å². The normalized spacial score (nSPS) is 17.4. The first kappa shape index (κ1) is 14.8. The maximum absolute atomic E-state index is 13.1. The van der Waals surface area contributed by atoms with Crippen molar-refractivity contribution in [2.24, 2.45) is 0 Å². The maximum Gasteiger partial charge on any atom is 0.416 e. The third-order valence-electron chi connectivity index (χ3n) is 3.35. The first-order valence-corrected chi connectivity index (χ1v) is 6.08. The van der Waals surface area contributed by atoms with Crippen LogP contribution in [-0.4, -0.2) is 23.2 Å². The Kier molecular flexibility index (Phi) is 3.73. The second kappa shape index (κ2) is 5.05. The molecule has 0 radical (unpaired) electrons. The number of hydrogen-bond acceptors (Lipinski definition) is 2. The summed E-state index contributed by atoms with van der Waals surface area (Å²) in [5.74, 6) is -1.97. The van der Waals surface area contributed by atoms with Crippen molar-refractivity contribution in [3.8, 4) is 0 Å². The average Bonchev–Trinajstić information content (AvgIpc) is 2.31. The van der Waals surface area contributed by atoms with Crippen molar-refractivity contribution in [3.05, 3.63) is 35.1 Å². The summed E-state index contributed by atoms with van der Waals surface area (Å²) in [4.78, 5) is 11.7. The fraction of sp³-hybridized carbons (Fsp3) is 0.462. The number of benzene rings is 1. The van der Waals surface area contributed by atoms with Crippen LogP contribution in [0.4, 0.5) is 17.6 Å². The molecule has 0 saturated heterocycles. The fourth-order valence-corrected chi connectivity index (χ4v) is 1.99.